The summed E-state index contributed by atoms with van der Waals surface area (Å²) in [6.07, 6.45) is 3.10. The maximum absolute atomic E-state index is 13.7. The third kappa shape index (κ3) is 3.62. The third-order valence-electron chi connectivity index (χ3n) is 5.70. The molecule has 0 bridgehead atoms. The number of carbonyl (C=O) groups excluding carboxylic acids is 1. The van der Waals surface area contributed by atoms with Crippen LogP contribution in [0.25, 0.3) is 10.8 Å². The molecule has 0 saturated heterocycles. The highest BCUT2D eigenvalue weighted by molar-refractivity contribution is 7.91. The van der Waals surface area contributed by atoms with Crippen LogP contribution in [0.1, 0.15) is 35.3 Å². The molecule has 10 nitrogen and oxygen atoms in total. The van der Waals surface area contributed by atoms with Gasteiger partial charge >= 0.3 is 16.2 Å². The lowest BCUT2D eigenvalue weighted by Gasteiger charge is -2.41. The molecule has 2 aromatic heterocycles. The summed E-state index contributed by atoms with van der Waals surface area (Å²) in [5.74, 6) is -1.50. The fraction of sp³-hybridized carbons (Fsp3) is 0.318. The number of nitrogens with zero attached hydrogens (tertiary/aromatic N) is 3. The van der Waals surface area contributed by atoms with Gasteiger partial charge in [0.2, 0.25) is 5.89 Å². The number of carboxylic acid groups (broad SMARTS) is 1. The number of rotatable bonds is 7. The zero-order chi connectivity index (χ0) is 24.8. The Morgan fingerprint density at radius 3 is 2.62 bits per heavy atom. The predicted octanol–water partition coefficient (Wildman–Crippen LogP) is 3.33. The van der Waals surface area contributed by atoms with E-state index in [1.165, 1.54) is 33.4 Å². The molecule has 1 aromatic carbocycles. The quantitative estimate of drug-likeness (QED) is 0.517. The molecule has 0 unspecified atom stereocenters. The van der Waals surface area contributed by atoms with E-state index in [0.29, 0.717) is 20.5 Å². The Hall–Kier alpha value is -3.38. The average Bonchev–Trinajstić information content (AvgIpc) is 3.41. The highest BCUT2D eigenvalue weighted by Crippen LogP contribution is 2.47. The summed E-state index contributed by atoms with van der Waals surface area (Å²) in [4.78, 5) is 30.1. The van der Waals surface area contributed by atoms with Gasteiger partial charge < -0.3 is 14.3 Å². The van der Waals surface area contributed by atoms with Crippen LogP contribution in [0.15, 0.2) is 41.1 Å². The molecule has 0 spiro atoms. The van der Waals surface area contributed by atoms with E-state index in [2.05, 4.69) is 4.98 Å². The van der Waals surface area contributed by atoms with Crippen LogP contribution in [0.3, 0.4) is 0 Å². The standard InChI is InChI=1S/C22H23N3O7S2/c1-13-16-19(26)25(22(2,3)21(27)28)34(29,30)24(11-9-14-7-5-6-8-15(14)31-4)20(16)33-17(13)18-23-10-12-32-18/h5-8,10,12H,9,11H2,1-4H3,(H,27,28). The van der Waals surface area contributed by atoms with Gasteiger partial charge in [-0.15, -0.1) is 11.3 Å². The van der Waals surface area contributed by atoms with Gasteiger partial charge in [-0.3, -0.25) is 4.79 Å². The van der Waals surface area contributed by atoms with Crippen molar-refractivity contribution in [3.8, 4) is 16.5 Å². The molecule has 0 fully saturated rings. The number of anilines is 1. The Bertz CT molecular complexity index is 1360. The van der Waals surface area contributed by atoms with Gasteiger partial charge in [-0.1, -0.05) is 18.2 Å². The smallest absolute Gasteiger partial charge is 0.330 e. The molecule has 34 heavy (non-hydrogen) atoms. The number of thiophene rings is 1. The lowest BCUT2D eigenvalue weighted by Crippen LogP contribution is -2.62. The Balaban J connectivity index is 1.88. The van der Waals surface area contributed by atoms with Gasteiger partial charge in [0, 0.05) is 6.54 Å². The number of carbonyl (C=O) groups is 2. The van der Waals surface area contributed by atoms with Crippen molar-refractivity contribution in [2.45, 2.75) is 32.7 Å². The van der Waals surface area contributed by atoms with Gasteiger partial charge in [0.05, 0.1) is 23.7 Å². The fourth-order valence-corrected chi connectivity index (χ4v) is 7.19. The minimum atomic E-state index is -4.54. The number of hydrogen-bond acceptors (Lipinski definition) is 8. The van der Waals surface area contributed by atoms with E-state index in [9.17, 15) is 23.1 Å². The SMILES string of the molecule is COc1ccccc1CCN1c2sc(-c3ncco3)c(C)c2C(=O)N(C(C)(C)C(=O)O)S1(=O)=O. The minimum Gasteiger partial charge on any atom is -0.496 e. The van der Waals surface area contributed by atoms with Crippen molar-refractivity contribution in [1.82, 2.24) is 9.29 Å². The number of fused-ring (bicyclic) bond motifs is 1. The first-order valence-corrected chi connectivity index (χ1v) is 12.5. The van der Waals surface area contributed by atoms with Crippen molar-refractivity contribution in [2.24, 2.45) is 0 Å². The number of oxazole rings is 1. The summed E-state index contributed by atoms with van der Waals surface area (Å²) in [7, 11) is -3.01. The highest BCUT2D eigenvalue weighted by Gasteiger charge is 2.53. The lowest BCUT2D eigenvalue weighted by molar-refractivity contribution is -0.145. The van der Waals surface area contributed by atoms with Gasteiger partial charge in [-0.25, -0.2) is 18.4 Å². The summed E-state index contributed by atoms with van der Waals surface area (Å²) < 4.78 is 39.7. The number of aliphatic carboxylic acids is 1. The number of ether oxygens (including phenoxy) is 1. The van der Waals surface area contributed by atoms with Crippen LogP contribution in [-0.2, 0) is 21.4 Å². The molecule has 1 N–H and O–H groups in total. The van der Waals surface area contributed by atoms with Crippen LogP contribution >= 0.6 is 11.3 Å². The van der Waals surface area contributed by atoms with Crippen molar-refractivity contribution in [3.05, 3.63) is 53.4 Å². The summed E-state index contributed by atoms with van der Waals surface area (Å²) in [5, 5.41) is 9.96. The van der Waals surface area contributed by atoms with Crippen molar-refractivity contribution >= 4 is 38.4 Å². The Labute approximate surface area is 200 Å². The second kappa shape index (κ2) is 8.44. The molecule has 180 valence electrons. The van der Waals surface area contributed by atoms with Crippen LogP contribution < -0.4 is 9.04 Å². The monoisotopic (exact) mass is 505 g/mol. The van der Waals surface area contributed by atoms with Crippen molar-refractivity contribution in [3.63, 3.8) is 0 Å². The largest absolute Gasteiger partial charge is 0.496 e. The number of hydrogen-bond donors (Lipinski definition) is 1. The molecular weight excluding hydrogens is 482 g/mol. The summed E-state index contributed by atoms with van der Waals surface area (Å²) in [5.41, 5.74) is -0.671. The normalized spacial score (nSPS) is 15.4. The first kappa shape index (κ1) is 23.8. The molecule has 3 aromatic rings. The van der Waals surface area contributed by atoms with Gasteiger partial charge in [0.1, 0.15) is 17.0 Å². The second-order valence-corrected chi connectivity index (χ2v) is 10.8. The van der Waals surface area contributed by atoms with E-state index < -0.39 is 27.6 Å². The maximum atomic E-state index is 13.7. The van der Waals surface area contributed by atoms with Gasteiger partial charge in [0.15, 0.2) is 5.54 Å². The molecule has 0 radical (unpaired) electrons. The van der Waals surface area contributed by atoms with Gasteiger partial charge in [-0.05, 0) is 44.4 Å². The van der Waals surface area contributed by atoms with Crippen LogP contribution in [0.2, 0.25) is 0 Å². The molecule has 1 amide bonds. The van der Waals surface area contributed by atoms with E-state index in [1.54, 1.807) is 19.1 Å². The zero-order valence-electron chi connectivity index (χ0n) is 18.9. The molecule has 0 atom stereocenters. The topological polar surface area (TPSA) is 130 Å². The zero-order valence-corrected chi connectivity index (χ0v) is 20.6. The first-order valence-electron chi connectivity index (χ1n) is 10.3. The number of benzene rings is 1. The molecule has 1 aliphatic heterocycles. The lowest BCUT2D eigenvalue weighted by atomic mass is 10.0. The van der Waals surface area contributed by atoms with Crippen LogP contribution in [-0.4, -0.2) is 53.9 Å². The van der Waals surface area contributed by atoms with E-state index >= 15 is 0 Å². The number of carboxylic acids is 1. The fourth-order valence-electron chi connectivity index (χ4n) is 3.85. The van der Waals surface area contributed by atoms with Crippen LogP contribution in [0, 0.1) is 6.92 Å². The number of methoxy groups -OCH3 is 1. The highest BCUT2D eigenvalue weighted by atomic mass is 32.2. The van der Waals surface area contributed by atoms with E-state index in [1.807, 2.05) is 12.1 Å². The number of amides is 1. The van der Waals surface area contributed by atoms with Crippen molar-refractivity contribution in [1.29, 1.82) is 0 Å². The molecule has 1 aliphatic rings. The van der Waals surface area contributed by atoms with Crippen LogP contribution in [0.4, 0.5) is 5.00 Å². The second-order valence-electron chi connectivity index (χ2n) is 8.15. The Kier molecular flexibility index (Phi) is 5.90. The van der Waals surface area contributed by atoms with Gasteiger partial charge in [0.25, 0.3) is 5.91 Å². The summed E-state index contributed by atoms with van der Waals surface area (Å²) >= 11 is 1.06. The number of para-hydroxylation sites is 1. The van der Waals surface area contributed by atoms with E-state index in [-0.39, 0.29) is 29.4 Å². The maximum Gasteiger partial charge on any atom is 0.330 e. The molecule has 12 heteroatoms. The van der Waals surface area contributed by atoms with Crippen LogP contribution in [0.5, 0.6) is 5.75 Å². The third-order valence-corrected chi connectivity index (χ3v) is 9.12. The Morgan fingerprint density at radius 1 is 1.29 bits per heavy atom. The molecular formula is C22H23N3O7S2. The molecule has 0 saturated carbocycles. The Morgan fingerprint density at radius 2 is 2.00 bits per heavy atom. The molecule has 4 rings (SSSR count). The first-order chi connectivity index (χ1) is 16.0. The van der Waals surface area contributed by atoms with E-state index in [4.69, 9.17) is 9.15 Å². The van der Waals surface area contributed by atoms with E-state index in [0.717, 1.165) is 21.2 Å². The average molecular weight is 506 g/mol. The summed E-state index contributed by atoms with van der Waals surface area (Å²) in [6, 6.07) is 7.20. The van der Waals surface area contributed by atoms with Crippen molar-refractivity contribution < 1.29 is 32.3 Å². The van der Waals surface area contributed by atoms with Crippen molar-refractivity contribution in [2.75, 3.05) is 18.0 Å². The molecule has 3 heterocycles. The number of aromatic nitrogens is 1. The predicted molar refractivity (Wildman–Crippen MR) is 125 cm³/mol. The molecule has 0 aliphatic carbocycles. The summed E-state index contributed by atoms with van der Waals surface area (Å²) in [6.45, 7) is 3.99. The minimum absolute atomic E-state index is 0.0415. The van der Waals surface area contributed by atoms with Gasteiger partial charge in [-0.2, -0.15) is 8.42 Å².